The zero-order valence-corrected chi connectivity index (χ0v) is 16.9. The molecule has 0 amide bonds. The number of anilines is 3. The van der Waals surface area contributed by atoms with Crippen molar-refractivity contribution in [2.24, 2.45) is 0 Å². The van der Waals surface area contributed by atoms with E-state index >= 15 is 0 Å². The Labute approximate surface area is 165 Å². The second-order valence-electron chi connectivity index (χ2n) is 6.34. The van der Waals surface area contributed by atoms with Gasteiger partial charge < -0.3 is 10.1 Å². The van der Waals surface area contributed by atoms with Crippen LogP contribution in [0.1, 0.15) is 18.1 Å². The van der Waals surface area contributed by atoms with Crippen LogP contribution in [0.5, 0.6) is 5.75 Å². The normalized spacial score (nSPS) is 11.1. The van der Waals surface area contributed by atoms with E-state index in [2.05, 4.69) is 15.0 Å². The van der Waals surface area contributed by atoms with Crippen LogP contribution < -0.4 is 14.8 Å². The Morgan fingerprint density at radius 3 is 2.46 bits per heavy atom. The van der Waals surface area contributed by atoms with Crippen molar-refractivity contribution in [1.82, 2.24) is 4.98 Å². The predicted octanol–water partition coefficient (Wildman–Crippen LogP) is 4.64. The molecule has 0 atom stereocenters. The average molecular weight is 398 g/mol. The van der Waals surface area contributed by atoms with Gasteiger partial charge in [-0.2, -0.15) is 0 Å². The van der Waals surface area contributed by atoms with Gasteiger partial charge >= 0.3 is 0 Å². The van der Waals surface area contributed by atoms with Crippen LogP contribution in [0.15, 0.2) is 65.7 Å². The Hall–Kier alpha value is -3.06. The summed E-state index contributed by atoms with van der Waals surface area (Å²) in [5.74, 6) is 0.992. The highest BCUT2D eigenvalue weighted by Gasteiger charge is 2.15. The van der Waals surface area contributed by atoms with Gasteiger partial charge in [0.15, 0.2) is 0 Å². The molecule has 6 nitrogen and oxygen atoms in total. The van der Waals surface area contributed by atoms with Crippen LogP contribution in [-0.4, -0.2) is 20.0 Å². The molecule has 146 valence electrons. The summed E-state index contributed by atoms with van der Waals surface area (Å²) in [7, 11) is -3.69. The van der Waals surface area contributed by atoms with Crippen LogP contribution >= 0.6 is 0 Å². The minimum absolute atomic E-state index is 0.213. The van der Waals surface area contributed by atoms with E-state index in [1.54, 1.807) is 36.5 Å². The van der Waals surface area contributed by atoms with Crippen molar-refractivity contribution in [3.8, 4) is 5.75 Å². The molecule has 0 aliphatic heterocycles. The van der Waals surface area contributed by atoms with Crippen molar-refractivity contribution in [3.05, 3.63) is 71.9 Å². The van der Waals surface area contributed by atoms with Crippen molar-refractivity contribution < 1.29 is 13.2 Å². The summed E-state index contributed by atoms with van der Waals surface area (Å²) in [5, 5.41) is 3.23. The van der Waals surface area contributed by atoms with Gasteiger partial charge in [-0.15, -0.1) is 0 Å². The van der Waals surface area contributed by atoms with E-state index in [-0.39, 0.29) is 10.7 Å². The predicted molar refractivity (Wildman–Crippen MR) is 112 cm³/mol. The summed E-state index contributed by atoms with van der Waals surface area (Å²) in [4.78, 5) is 4.42. The molecule has 7 heteroatoms. The number of ether oxygens (including phenoxy) is 1. The Morgan fingerprint density at radius 2 is 1.79 bits per heavy atom. The third-order valence-electron chi connectivity index (χ3n) is 4.26. The fourth-order valence-electron chi connectivity index (χ4n) is 2.61. The number of aryl methyl sites for hydroxylation is 2. The van der Waals surface area contributed by atoms with Gasteiger partial charge in [-0.1, -0.05) is 18.2 Å². The van der Waals surface area contributed by atoms with Gasteiger partial charge in [0.25, 0.3) is 10.0 Å². The summed E-state index contributed by atoms with van der Waals surface area (Å²) in [6, 6.07) is 16.0. The SMILES string of the molecule is CCOc1ccccc1Nc1ccc(NS(=O)(=O)c2ccc(C)c(C)c2)nc1. The lowest BCUT2D eigenvalue weighted by Crippen LogP contribution is -2.14. The number of nitrogens with zero attached hydrogens (tertiary/aromatic N) is 1. The van der Waals surface area contributed by atoms with Crippen LogP contribution in [-0.2, 0) is 10.0 Å². The smallest absolute Gasteiger partial charge is 0.263 e. The number of hydrogen-bond acceptors (Lipinski definition) is 5. The molecule has 3 rings (SSSR count). The molecule has 1 heterocycles. The van der Waals surface area contributed by atoms with E-state index in [9.17, 15) is 8.42 Å². The molecule has 2 aromatic carbocycles. The van der Waals surface area contributed by atoms with E-state index in [1.165, 1.54) is 0 Å². The topological polar surface area (TPSA) is 80.3 Å². The molecule has 0 spiro atoms. The Morgan fingerprint density at radius 1 is 1.00 bits per heavy atom. The van der Waals surface area contributed by atoms with Gasteiger partial charge in [0.05, 0.1) is 29.1 Å². The minimum atomic E-state index is -3.69. The molecule has 0 bridgehead atoms. The summed E-state index contributed by atoms with van der Waals surface area (Å²) >= 11 is 0. The standard InChI is InChI=1S/C21H23N3O3S/c1-4-27-20-8-6-5-7-19(20)23-17-10-12-21(22-14-17)24-28(25,26)18-11-9-15(2)16(3)13-18/h5-14,23H,4H2,1-3H3,(H,22,24). The van der Waals surface area contributed by atoms with E-state index in [0.29, 0.717) is 6.61 Å². The van der Waals surface area contributed by atoms with Gasteiger partial charge in [-0.3, -0.25) is 4.72 Å². The lowest BCUT2D eigenvalue weighted by molar-refractivity contribution is 0.342. The molecular weight excluding hydrogens is 374 g/mol. The Bertz CT molecular complexity index is 1060. The largest absolute Gasteiger partial charge is 0.492 e. The Balaban J connectivity index is 1.75. The highest BCUT2D eigenvalue weighted by Crippen LogP contribution is 2.27. The molecule has 1 aromatic heterocycles. The van der Waals surface area contributed by atoms with Crippen LogP contribution in [0, 0.1) is 13.8 Å². The molecule has 0 saturated heterocycles. The summed E-state index contributed by atoms with van der Waals surface area (Å²) in [6.07, 6.45) is 1.57. The maximum absolute atomic E-state index is 12.6. The fraction of sp³-hybridized carbons (Fsp3) is 0.190. The molecule has 3 aromatic rings. The zero-order chi connectivity index (χ0) is 20.1. The number of para-hydroxylation sites is 2. The molecule has 28 heavy (non-hydrogen) atoms. The molecule has 0 unspecified atom stereocenters. The van der Waals surface area contributed by atoms with E-state index in [4.69, 9.17) is 4.74 Å². The molecule has 0 radical (unpaired) electrons. The second-order valence-corrected chi connectivity index (χ2v) is 8.02. The van der Waals surface area contributed by atoms with Crippen LogP contribution in [0.25, 0.3) is 0 Å². The van der Waals surface area contributed by atoms with Gasteiger partial charge in [0.1, 0.15) is 11.6 Å². The summed E-state index contributed by atoms with van der Waals surface area (Å²) in [6.45, 7) is 6.31. The van der Waals surface area contributed by atoms with Crippen LogP contribution in [0.3, 0.4) is 0 Å². The van der Waals surface area contributed by atoms with Crippen LogP contribution in [0.4, 0.5) is 17.2 Å². The number of sulfonamides is 1. The molecule has 0 aliphatic carbocycles. The van der Waals surface area contributed by atoms with Crippen molar-refractivity contribution in [2.45, 2.75) is 25.7 Å². The van der Waals surface area contributed by atoms with Crippen LogP contribution in [0.2, 0.25) is 0 Å². The van der Waals surface area contributed by atoms with Crippen molar-refractivity contribution in [1.29, 1.82) is 0 Å². The maximum atomic E-state index is 12.6. The summed E-state index contributed by atoms with van der Waals surface area (Å²) < 4.78 is 33.3. The third-order valence-corrected chi connectivity index (χ3v) is 5.61. The number of nitrogens with one attached hydrogen (secondary N) is 2. The maximum Gasteiger partial charge on any atom is 0.263 e. The van der Waals surface area contributed by atoms with Crippen molar-refractivity contribution in [2.75, 3.05) is 16.6 Å². The molecule has 0 saturated carbocycles. The quantitative estimate of drug-likeness (QED) is 0.607. The molecule has 0 fully saturated rings. The first-order chi connectivity index (χ1) is 13.4. The lowest BCUT2D eigenvalue weighted by Gasteiger charge is -2.13. The number of benzene rings is 2. The van der Waals surface area contributed by atoms with Crippen molar-refractivity contribution in [3.63, 3.8) is 0 Å². The molecule has 2 N–H and O–H groups in total. The number of rotatable bonds is 7. The third kappa shape index (κ3) is 4.61. The van der Waals surface area contributed by atoms with Gasteiger partial charge in [-0.05, 0) is 68.3 Å². The average Bonchev–Trinajstić information content (AvgIpc) is 2.67. The van der Waals surface area contributed by atoms with Crippen molar-refractivity contribution >= 4 is 27.2 Å². The highest BCUT2D eigenvalue weighted by molar-refractivity contribution is 7.92. The first-order valence-electron chi connectivity index (χ1n) is 8.94. The highest BCUT2D eigenvalue weighted by atomic mass is 32.2. The molecule has 0 aliphatic rings. The monoisotopic (exact) mass is 397 g/mol. The summed E-state index contributed by atoms with van der Waals surface area (Å²) in [5.41, 5.74) is 3.50. The number of hydrogen-bond donors (Lipinski definition) is 2. The van der Waals surface area contributed by atoms with E-state index in [1.807, 2.05) is 45.0 Å². The zero-order valence-electron chi connectivity index (χ0n) is 16.1. The second kappa shape index (κ2) is 8.31. The van der Waals surface area contributed by atoms with Gasteiger partial charge in [0.2, 0.25) is 0 Å². The first-order valence-corrected chi connectivity index (χ1v) is 10.4. The molecular formula is C21H23N3O3S. The fourth-order valence-corrected chi connectivity index (χ4v) is 3.71. The van der Waals surface area contributed by atoms with Gasteiger partial charge in [-0.25, -0.2) is 13.4 Å². The van der Waals surface area contributed by atoms with E-state index < -0.39 is 10.0 Å². The van der Waals surface area contributed by atoms with E-state index in [0.717, 1.165) is 28.3 Å². The minimum Gasteiger partial charge on any atom is -0.492 e. The number of pyridine rings is 1. The first kappa shape index (κ1) is 19.7. The van der Waals surface area contributed by atoms with Gasteiger partial charge in [0, 0.05) is 0 Å². The lowest BCUT2D eigenvalue weighted by atomic mass is 10.1. The number of aromatic nitrogens is 1. The Kier molecular flexibility index (Phi) is 5.84.